The molecular formula is C15H28N2O. The van der Waals surface area contributed by atoms with Crippen LogP contribution in [-0.4, -0.2) is 24.5 Å². The first kappa shape index (κ1) is 13.9. The van der Waals surface area contributed by atoms with E-state index in [-0.39, 0.29) is 11.9 Å². The molecule has 1 saturated carbocycles. The van der Waals surface area contributed by atoms with Crippen LogP contribution in [0.3, 0.4) is 0 Å². The lowest BCUT2D eigenvalue weighted by molar-refractivity contribution is -0.125. The SMILES string of the molecule is CCC1CCNC(C(=O)N[C@H](C)C2CCCC2)C1. The summed E-state index contributed by atoms with van der Waals surface area (Å²) in [5.41, 5.74) is 0. The van der Waals surface area contributed by atoms with Crippen molar-refractivity contribution in [3.05, 3.63) is 0 Å². The van der Waals surface area contributed by atoms with Gasteiger partial charge in [-0.1, -0.05) is 26.2 Å². The molecule has 0 aromatic carbocycles. The molecule has 1 aliphatic carbocycles. The number of piperidine rings is 1. The molecule has 3 nitrogen and oxygen atoms in total. The van der Waals surface area contributed by atoms with E-state index in [2.05, 4.69) is 24.5 Å². The van der Waals surface area contributed by atoms with Gasteiger partial charge in [-0.15, -0.1) is 0 Å². The molecule has 0 radical (unpaired) electrons. The van der Waals surface area contributed by atoms with Gasteiger partial charge < -0.3 is 10.6 Å². The maximum atomic E-state index is 12.3. The molecule has 18 heavy (non-hydrogen) atoms. The van der Waals surface area contributed by atoms with Gasteiger partial charge in [0, 0.05) is 6.04 Å². The molecule has 1 amide bonds. The van der Waals surface area contributed by atoms with E-state index in [0.29, 0.717) is 12.0 Å². The molecule has 0 spiro atoms. The smallest absolute Gasteiger partial charge is 0.237 e. The number of nitrogens with one attached hydrogen (secondary N) is 2. The summed E-state index contributed by atoms with van der Waals surface area (Å²) in [7, 11) is 0. The van der Waals surface area contributed by atoms with Gasteiger partial charge in [-0.05, 0) is 51.0 Å². The van der Waals surface area contributed by atoms with Crippen LogP contribution in [0.4, 0.5) is 0 Å². The normalized spacial score (nSPS) is 31.2. The summed E-state index contributed by atoms with van der Waals surface area (Å²) in [5, 5.41) is 6.60. The molecule has 2 N–H and O–H groups in total. The van der Waals surface area contributed by atoms with Crippen LogP contribution in [-0.2, 0) is 4.79 Å². The lowest BCUT2D eigenvalue weighted by atomic mass is 9.89. The second kappa shape index (κ2) is 6.55. The van der Waals surface area contributed by atoms with Crippen molar-refractivity contribution in [2.45, 2.75) is 70.9 Å². The van der Waals surface area contributed by atoms with Crippen molar-refractivity contribution >= 4 is 5.91 Å². The Hall–Kier alpha value is -0.570. The molecule has 0 bridgehead atoms. The molecule has 2 rings (SSSR count). The number of amides is 1. The topological polar surface area (TPSA) is 41.1 Å². The first-order chi connectivity index (χ1) is 8.70. The minimum atomic E-state index is 0.0487. The summed E-state index contributed by atoms with van der Waals surface area (Å²) < 4.78 is 0. The van der Waals surface area contributed by atoms with Crippen molar-refractivity contribution in [3.8, 4) is 0 Å². The maximum Gasteiger partial charge on any atom is 0.237 e. The van der Waals surface area contributed by atoms with E-state index in [4.69, 9.17) is 0 Å². The van der Waals surface area contributed by atoms with Crippen LogP contribution in [0.2, 0.25) is 0 Å². The zero-order valence-corrected chi connectivity index (χ0v) is 11.9. The largest absolute Gasteiger partial charge is 0.352 e. The zero-order valence-electron chi connectivity index (χ0n) is 11.9. The fourth-order valence-corrected chi connectivity index (χ4v) is 3.47. The molecule has 1 heterocycles. The van der Waals surface area contributed by atoms with E-state index in [1.807, 2.05) is 0 Å². The van der Waals surface area contributed by atoms with Gasteiger partial charge in [-0.2, -0.15) is 0 Å². The van der Waals surface area contributed by atoms with Gasteiger partial charge in [0.05, 0.1) is 6.04 Å². The molecule has 1 saturated heterocycles. The van der Waals surface area contributed by atoms with Crippen molar-refractivity contribution in [3.63, 3.8) is 0 Å². The van der Waals surface area contributed by atoms with E-state index in [1.54, 1.807) is 0 Å². The van der Waals surface area contributed by atoms with Crippen LogP contribution in [0.5, 0.6) is 0 Å². The average Bonchev–Trinajstić information content (AvgIpc) is 2.92. The highest BCUT2D eigenvalue weighted by Crippen LogP contribution is 2.27. The van der Waals surface area contributed by atoms with E-state index in [1.165, 1.54) is 38.5 Å². The summed E-state index contributed by atoms with van der Waals surface area (Å²) in [5.74, 6) is 1.66. The Balaban J connectivity index is 1.79. The molecule has 0 aromatic rings. The second-order valence-corrected chi connectivity index (χ2v) is 6.15. The first-order valence-electron chi connectivity index (χ1n) is 7.74. The Bertz CT molecular complexity index is 274. The number of hydrogen-bond acceptors (Lipinski definition) is 2. The van der Waals surface area contributed by atoms with Gasteiger partial charge in [-0.3, -0.25) is 4.79 Å². The molecule has 2 aliphatic rings. The molecular weight excluding hydrogens is 224 g/mol. The van der Waals surface area contributed by atoms with E-state index in [0.717, 1.165) is 18.9 Å². The summed E-state index contributed by atoms with van der Waals surface area (Å²) in [6.07, 6.45) is 8.69. The Morgan fingerprint density at radius 1 is 1.33 bits per heavy atom. The number of carbonyl (C=O) groups excluding carboxylic acids is 1. The van der Waals surface area contributed by atoms with Crippen molar-refractivity contribution in [2.75, 3.05) is 6.54 Å². The number of carbonyl (C=O) groups is 1. The molecule has 3 heteroatoms. The molecule has 1 aliphatic heterocycles. The number of hydrogen-bond donors (Lipinski definition) is 2. The van der Waals surface area contributed by atoms with Gasteiger partial charge in [0.15, 0.2) is 0 Å². The monoisotopic (exact) mass is 252 g/mol. The van der Waals surface area contributed by atoms with Crippen LogP contribution in [0.25, 0.3) is 0 Å². The van der Waals surface area contributed by atoms with Crippen LogP contribution in [0.1, 0.15) is 58.8 Å². The van der Waals surface area contributed by atoms with Crippen LogP contribution >= 0.6 is 0 Å². The van der Waals surface area contributed by atoms with Gasteiger partial charge >= 0.3 is 0 Å². The van der Waals surface area contributed by atoms with Crippen molar-refractivity contribution < 1.29 is 4.79 Å². The van der Waals surface area contributed by atoms with E-state index < -0.39 is 0 Å². The highest BCUT2D eigenvalue weighted by atomic mass is 16.2. The van der Waals surface area contributed by atoms with Crippen LogP contribution in [0.15, 0.2) is 0 Å². The third-order valence-corrected chi connectivity index (χ3v) is 4.88. The molecule has 104 valence electrons. The van der Waals surface area contributed by atoms with Gasteiger partial charge in [0.1, 0.15) is 0 Å². The van der Waals surface area contributed by atoms with Crippen LogP contribution in [0, 0.1) is 11.8 Å². The standard InChI is InChI=1S/C15H28N2O/c1-3-12-8-9-16-14(10-12)15(18)17-11(2)13-6-4-5-7-13/h11-14,16H,3-10H2,1-2H3,(H,17,18)/t11-,12?,14?/m1/s1. The minimum absolute atomic E-state index is 0.0487. The Labute approximate surface area is 111 Å². The zero-order chi connectivity index (χ0) is 13.0. The fraction of sp³-hybridized carbons (Fsp3) is 0.933. The average molecular weight is 252 g/mol. The van der Waals surface area contributed by atoms with Crippen molar-refractivity contribution in [2.24, 2.45) is 11.8 Å². The Morgan fingerprint density at radius 2 is 2.06 bits per heavy atom. The first-order valence-corrected chi connectivity index (χ1v) is 7.74. The van der Waals surface area contributed by atoms with E-state index >= 15 is 0 Å². The highest BCUT2D eigenvalue weighted by molar-refractivity contribution is 5.82. The lowest BCUT2D eigenvalue weighted by Crippen LogP contribution is -2.51. The lowest BCUT2D eigenvalue weighted by Gasteiger charge is -2.30. The third-order valence-electron chi connectivity index (χ3n) is 4.88. The Morgan fingerprint density at radius 3 is 2.72 bits per heavy atom. The third kappa shape index (κ3) is 3.47. The summed E-state index contributed by atoms with van der Waals surface area (Å²) >= 11 is 0. The van der Waals surface area contributed by atoms with Crippen molar-refractivity contribution in [1.82, 2.24) is 10.6 Å². The van der Waals surface area contributed by atoms with Gasteiger partial charge in [-0.25, -0.2) is 0 Å². The van der Waals surface area contributed by atoms with Gasteiger partial charge in [0.25, 0.3) is 0 Å². The van der Waals surface area contributed by atoms with E-state index in [9.17, 15) is 4.79 Å². The molecule has 2 fully saturated rings. The molecule has 3 atom stereocenters. The van der Waals surface area contributed by atoms with Crippen molar-refractivity contribution in [1.29, 1.82) is 0 Å². The molecule has 0 aromatic heterocycles. The highest BCUT2D eigenvalue weighted by Gasteiger charge is 2.29. The van der Waals surface area contributed by atoms with Crippen LogP contribution < -0.4 is 10.6 Å². The summed E-state index contributed by atoms with van der Waals surface area (Å²) in [4.78, 5) is 12.3. The summed E-state index contributed by atoms with van der Waals surface area (Å²) in [6, 6.07) is 0.399. The number of rotatable bonds is 4. The molecule has 2 unspecified atom stereocenters. The second-order valence-electron chi connectivity index (χ2n) is 6.15. The predicted octanol–water partition coefficient (Wildman–Crippen LogP) is 2.46. The maximum absolute atomic E-state index is 12.3. The predicted molar refractivity (Wildman–Crippen MR) is 74.4 cm³/mol. The van der Waals surface area contributed by atoms with Gasteiger partial charge in [0.2, 0.25) is 5.91 Å². The quantitative estimate of drug-likeness (QED) is 0.807. The summed E-state index contributed by atoms with van der Waals surface area (Å²) in [6.45, 7) is 5.40. The Kier molecular flexibility index (Phi) is 5.04. The fourth-order valence-electron chi connectivity index (χ4n) is 3.47. The minimum Gasteiger partial charge on any atom is -0.352 e.